The van der Waals surface area contributed by atoms with Crippen molar-refractivity contribution < 1.29 is 0 Å². The zero-order chi connectivity index (χ0) is 12.2. The summed E-state index contributed by atoms with van der Waals surface area (Å²) in [5.41, 5.74) is 2.80. The molecule has 0 spiro atoms. The first kappa shape index (κ1) is 11.4. The molecule has 0 saturated carbocycles. The van der Waals surface area contributed by atoms with E-state index in [1.54, 1.807) is 0 Å². The second-order valence-corrected chi connectivity index (χ2v) is 4.95. The summed E-state index contributed by atoms with van der Waals surface area (Å²) in [6.45, 7) is 1.12. The Labute approximate surface area is 108 Å². The summed E-state index contributed by atoms with van der Waals surface area (Å²) in [6.07, 6.45) is 6.17. The highest BCUT2D eigenvalue weighted by Crippen LogP contribution is 2.31. The average molecular weight is 238 g/mol. The molecule has 2 aromatic rings. The molecule has 2 unspecified atom stereocenters. The third-order valence-corrected chi connectivity index (χ3v) is 3.76. The number of benzene rings is 1. The van der Waals surface area contributed by atoms with E-state index in [4.69, 9.17) is 0 Å². The van der Waals surface area contributed by atoms with Gasteiger partial charge in [-0.1, -0.05) is 30.3 Å². The maximum Gasteiger partial charge on any atom is 0.0353 e. The summed E-state index contributed by atoms with van der Waals surface area (Å²) in [5, 5.41) is 3.62. The second-order valence-electron chi connectivity index (χ2n) is 4.95. The third kappa shape index (κ3) is 2.44. The lowest BCUT2D eigenvalue weighted by Gasteiger charge is -2.20. The molecule has 1 aliphatic rings. The molecule has 18 heavy (non-hydrogen) atoms. The summed E-state index contributed by atoms with van der Waals surface area (Å²) in [4.78, 5) is 4.10. The molecule has 1 saturated heterocycles. The molecule has 1 N–H and O–H groups in total. The first-order chi connectivity index (χ1) is 8.93. The Kier molecular flexibility index (Phi) is 3.37. The van der Waals surface area contributed by atoms with Gasteiger partial charge < -0.3 is 5.32 Å². The van der Waals surface area contributed by atoms with Crippen LogP contribution in [0.25, 0.3) is 0 Å². The molecule has 0 radical (unpaired) electrons. The van der Waals surface area contributed by atoms with Crippen LogP contribution in [0.15, 0.2) is 54.9 Å². The second kappa shape index (κ2) is 5.32. The molecule has 1 aromatic carbocycles. The lowest BCUT2D eigenvalue weighted by atomic mass is 9.89. The molecule has 1 fully saturated rings. The molecular weight excluding hydrogens is 220 g/mol. The van der Waals surface area contributed by atoms with Gasteiger partial charge in [0.15, 0.2) is 0 Å². The molecule has 92 valence electrons. The Morgan fingerprint density at radius 2 is 1.83 bits per heavy atom. The van der Waals surface area contributed by atoms with Crippen LogP contribution in [0, 0.1) is 5.92 Å². The van der Waals surface area contributed by atoms with Crippen LogP contribution in [0.3, 0.4) is 0 Å². The number of hydrogen-bond donors (Lipinski definition) is 1. The normalized spacial score (nSPS) is 23.1. The number of aromatic nitrogens is 1. The number of pyridine rings is 1. The third-order valence-electron chi connectivity index (χ3n) is 3.76. The number of nitrogens with zero attached hydrogens (tertiary/aromatic N) is 1. The fourth-order valence-electron chi connectivity index (χ4n) is 2.86. The predicted octanol–water partition coefficient (Wildman–Crippen LogP) is 2.97. The van der Waals surface area contributed by atoms with Crippen molar-refractivity contribution in [2.45, 2.75) is 18.9 Å². The molecule has 0 bridgehead atoms. The van der Waals surface area contributed by atoms with Crippen LogP contribution in [0.4, 0.5) is 0 Å². The van der Waals surface area contributed by atoms with Crippen LogP contribution in [-0.2, 0) is 6.42 Å². The van der Waals surface area contributed by atoms with E-state index in [0.717, 1.165) is 13.0 Å². The van der Waals surface area contributed by atoms with E-state index in [1.807, 2.05) is 12.4 Å². The SMILES string of the molecule is c1ccc(CC2CCNC2c2ccncc2)cc1. The highest BCUT2D eigenvalue weighted by molar-refractivity contribution is 5.21. The molecule has 0 amide bonds. The van der Waals surface area contributed by atoms with Gasteiger partial charge in [0.2, 0.25) is 0 Å². The first-order valence-electron chi connectivity index (χ1n) is 6.61. The molecule has 2 heteroatoms. The summed E-state index contributed by atoms with van der Waals surface area (Å²) < 4.78 is 0. The predicted molar refractivity (Wildman–Crippen MR) is 73.2 cm³/mol. The van der Waals surface area contributed by atoms with Gasteiger partial charge in [0.25, 0.3) is 0 Å². The number of rotatable bonds is 3. The van der Waals surface area contributed by atoms with Gasteiger partial charge in [0, 0.05) is 18.4 Å². The minimum atomic E-state index is 0.480. The van der Waals surface area contributed by atoms with Crippen LogP contribution in [0.2, 0.25) is 0 Å². The Hall–Kier alpha value is -1.67. The van der Waals surface area contributed by atoms with Crippen LogP contribution < -0.4 is 5.32 Å². The van der Waals surface area contributed by atoms with Gasteiger partial charge in [0.05, 0.1) is 0 Å². The van der Waals surface area contributed by atoms with Gasteiger partial charge in [0.1, 0.15) is 0 Å². The lowest BCUT2D eigenvalue weighted by molar-refractivity contribution is 0.460. The van der Waals surface area contributed by atoms with Gasteiger partial charge in [-0.25, -0.2) is 0 Å². The van der Waals surface area contributed by atoms with Gasteiger partial charge >= 0.3 is 0 Å². The van der Waals surface area contributed by atoms with Gasteiger partial charge in [-0.3, -0.25) is 4.98 Å². The molecular formula is C16H18N2. The van der Waals surface area contributed by atoms with E-state index in [1.165, 1.54) is 17.5 Å². The maximum atomic E-state index is 4.10. The summed E-state index contributed by atoms with van der Waals surface area (Å²) in [7, 11) is 0. The Morgan fingerprint density at radius 1 is 1.06 bits per heavy atom. The van der Waals surface area contributed by atoms with E-state index in [9.17, 15) is 0 Å². The van der Waals surface area contributed by atoms with Crippen molar-refractivity contribution in [2.75, 3.05) is 6.54 Å². The number of nitrogens with one attached hydrogen (secondary N) is 1. The lowest BCUT2D eigenvalue weighted by Crippen LogP contribution is -2.19. The van der Waals surface area contributed by atoms with E-state index in [2.05, 4.69) is 52.8 Å². The van der Waals surface area contributed by atoms with Crippen molar-refractivity contribution >= 4 is 0 Å². The van der Waals surface area contributed by atoms with E-state index >= 15 is 0 Å². The average Bonchev–Trinajstić information content (AvgIpc) is 2.89. The summed E-state index contributed by atoms with van der Waals surface area (Å²) in [5.74, 6) is 0.690. The van der Waals surface area contributed by atoms with Crippen LogP contribution in [0.1, 0.15) is 23.6 Å². The van der Waals surface area contributed by atoms with Crippen molar-refractivity contribution in [1.82, 2.24) is 10.3 Å². The fourth-order valence-corrected chi connectivity index (χ4v) is 2.86. The molecule has 0 aliphatic carbocycles. The molecule has 1 aliphatic heterocycles. The zero-order valence-electron chi connectivity index (χ0n) is 10.4. The van der Waals surface area contributed by atoms with Gasteiger partial charge in [-0.2, -0.15) is 0 Å². The van der Waals surface area contributed by atoms with Crippen LogP contribution in [0.5, 0.6) is 0 Å². The monoisotopic (exact) mass is 238 g/mol. The van der Waals surface area contributed by atoms with Crippen molar-refractivity contribution in [1.29, 1.82) is 0 Å². The van der Waals surface area contributed by atoms with Gasteiger partial charge in [-0.15, -0.1) is 0 Å². The Bertz CT molecular complexity index is 481. The smallest absolute Gasteiger partial charge is 0.0353 e. The van der Waals surface area contributed by atoms with Crippen molar-refractivity contribution in [3.63, 3.8) is 0 Å². The first-order valence-corrected chi connectivity index (χ1v) is 6.61. The maximum absolute atomic E-state index is 4.10. The van der Waals surface area contributed by atoms with E-state index in [0.29, 0.717) is 12.0 Å². The standard InChI is InChI=1S/C16H18N2/c1-2-4-13(5-3-1)12-15-8-11-18-16(15)14-6-9-17-10-7-14/h1-7,9-10,15-16,18H,8,11-12H2. The quantitative estimate of drug-likeness (QED) is 0.889. The molecule has 1 aromatic heterocycles. The molecule has 2 nitrogen and oxygen atoms in total. The fraction of sp³-hybridized carbons (Fsp3) is 0.312. The van der Waals surface area contributed by atoms with E-state index < -0.39 is 0 Å². The Morgan fingerprint density at radius 3 is 2.61 bits per heavy atom. The largest absolute Gasteiger partial charge is 0.310 e. The highest BCUT2D eigenvalue weighted by Gasteiger charge is 2.27. The topological polar surface area (TPSA) is 24.9 Å². The summed E-state index contributed by atoms with van der Waals surface area (Å²) >= 11 is 0. The molecule has 2 atom stereocenters. The Balaban J connectivity index is 1.76. The minimum absolute atomic E-state index is 0.480. The molecule has 2 heterocycles. The van der Waals surface area contributed by atoms with Gasteiger partial charge in [-0.05, 0) is 48.6 Å². The molecule has 3 rings (SSSR count). The van der Waals surface area contributed by atoms with E-state index in [-0.39, 0.29) is 0 Å². The van der Waals surface area contributed by atoms with Crippen molar-refractivity contribution in [3.05, 3.63) is 66.0 Å². The van der Waals surface area contributed by atoms with Crippen molar-refractivity contribution in [2.24, 2.45) is 5.92 Å². The zero-order valence-corrected chi connectivity index (χ0v) is 10.4. The highest BCUT2D eigenvalue weighted by atomic mass is 15.0. The minimum Gasteiger partial charge on any atom is -0.310 e. The van der Waals surface area contributed by atoms with Crippen LogP contribution in [-0.4, -0.2) is 11.5 Å². The van der Waals surface area contributed by atoms with Crippen LogP contribution >= 0.6 is 0 Å². The van der Waals surface area contributed by atoms with Crippen molar-refractivity contribution in [3.8, 4) is 0 Å². The number of hydrogen-bond acceptors (Lipinski definition) is 2. The summed E-state index contributed by atoms with van der Waals surface area (Å²) in [6, 6.07) is 15.5.